The van der Waals surface area contributed by atoms with Crippen LogP contribution in [0.2, 0.25) is 0 Å². The summed E-state index contributed by atoms with van der Waals surface area (Å²) >= 11 is 3.29. The van der Waals surface area contributed by atoms with Gasteiger partial charge in [0.05, 0.1) is 16.9 Å². The molecule has 0 bridgehead atoms. The van der Waals surface area contributed by atoms with Gasteiger partial charge in [-0.05, 0) is 42.8 Å². The molecule has 0 saturated carbocycles. The zero-order valence-corrected chi connectivity index (χ0v) is 15.5. The van der Waals surface area contributed by atoms with Crippen molar-refractivity contribution in [3.05, 3.63) is 58.6 Å². The zero-order valence-electron chi connectivity index (χ0n) is 13.9. The molecule has 2 aromatic carbocycles. The molecule has 3 rings (SSSR count). The van der Waals surface area contributed by atoms with Crippen LogP contribution in [0.1, 0.15) is 23.2 Å². The fourth-order valence-corrected chi connectivity index (χ4v) is 2.97. The number of halogens is 1. The molecule has 0 aromatic heterocycles. The highest BCUT2D eigenvalue weighted by Gasteiger charge is 2.24. The zero-order chi connectivity index (χ0) is 18.5. The fraction of sp³-hybridized carbons (Fsp3) is 0.211. The largest absolute Gasteiger partial charge is 0.452 e. The van der Waals surface area contributed by atoms with Gasteiger partial charge in [0, 0.05) is 17.4 Å². The number of anilines is 2. The van der Waals surface area contributed by atoms with E-state index in [0.29, 0.717) is 29.9 Å². The normalized spacial score (nSPS) is 13.6. The maximum atomic E-state index is 12.2. The predicted octanol–water partition coefficient (Wildman–Crippen LogP) is 3.37. The minimum Gasteiger partial charge on any atom is -0.452 e. The Balaban J connectivity index is 1.61. The van der Waals surface area contributed by atoms with Crippen molar-refractivity contribution in [3.63, 3.8) is 0 Å². The van der Waals surface area contributed by atoms with Gasteiger partial charge in [-0.15, -0.1) is 0 Å². The molecule has 0 atom stereocenters. The first-order valence-electron chi connectivity index (χ1n) is 8.16. The Labute approximate surface area is 159 Å². The number of carbonyl (C=O) groups is 3. The van der Waals surface area contributed by atoms with Crippen LogP contribution in [0.4, 0.5) is 11.4 Å². The average Bonchev–Trinajstić information content (AvgIpc) is 3.06. The van der Waals surface area contributed by atoms with Crippen LogP contribution >= 0.6 is 15.9 Å². The molecule has 1 heterocycles. The first-order valence-corrected chi connectivity index (χ1v) is 8.96. The molecule has 7 heteroatoms. The Hall–Kier alpha value is -2.67. The van der Waals surface area contributed by atoms with Crippen molar-refractivity contribution in [2.24, 2.45) is 0 Å². The molecule has 0 aliphatic carbocycles. The molecule has 6 nitrogen and oxygen atoms in total. The summed E-state index contributed by atoms with van der Waals surface area (Å²) in [5.41, 5.74) is 1.54. The minimum atomic E-state index is -0.573. The second-order valence-corrected chi connectivity index (χ2v) is 6.71. The number of nitrogens with one attached hydrogen (secondary N) is 1. The molecule has 2 amide bonds. The molecule has 1 saturated heterocycles. The number of esters is 1. The molecular weight excluding hydrogens is 400 g/mol. The Morgan fingerprint density at radius 1 is 1.12 bits per heavy atom. The molecule has 26 heavy (non-hydrogen) atoms. The van der Waals surface area contributed by atoms with E-state index in [1.54, 1.807) is 47.4 Å². The van der Waals surface area contributed by atoms with Crippen LogP contribution < -0.4 is 10.2 Å². The Morgan fingerprint density at radius 3 is 2.54 bits per heavy atom. The monoisotopic (exact) mass is 416 g/mol. The van der Waals surface area contributed by atoms with Gasteiger partial charge in [0.25, 0.3) is 5.91 Å². The van der Waals surface area contributed by atoms with E-state index in [2.05, 4.69) is 21.2 Å². The summed E-state index contributed by atoms with van der Waals surface area (Å²) in [6.07, 6.45) is 1.30. The molecule has 1 N–H and O–H groups in total. The van der Waals surface area contributed by atoms with Gasteiger partial charge >= 0.3 is 5.97 Å². The van der Waals surface area contributed by atoms with Crippen molar-refractivity contribution in [1.29, 1.82) is 0 Å². The third kappa shape index (κ3) is 4.29. The van der Waals surface area contributed by atoms with Crippen LogP contribution in [0.15, 0.2) is 53.0 Å². The van der Waals surface area contributed by atoms with Crippen molar-refractivity contribution < 1.29 is 19.1 Å². The fourth-order valence-electron chi connectivity index (χ4n) is 2.70. The van der Waals surface area contributed by atoms with Crippen molar-refractivity contribution >= 4 is 45.1 Å². The van der Waals surface area contributed by atoms with Crippen molar-refractivity contribution in [3.8, 4) is 0 Å². The number of amides is 2. The third-order valence-corrected chi connectivity index (χ3v) is 4.49. The Bertz CT molecular complexity index is 836. The van der Waals surface area contributed by atoms with Gasteiger partial charge in [-0.3, -0.25) is 9.59 Å². The number of rotatable bonds is 5. The lowest BCUT2D eigenvalue weighted by Crippen LogP contribution is -2.27. The van der Waals surface area contributed by atoms with Crippen LogP contribution in [0, 0.1) is 0 Å². The summed E-state index contributed by atoms with van der Waals surface area (Å²) in [4.78, 5) is 37.7. The maximum Gasteiger partial charge on any atom is 0.338 e. The summed E-state index contributed by atoms with van der Waals surface area (Å²) in [6.45, 7) is 0.224. The number of hydrogen-bond donors (Lipinski definition) is 1. The summed E-state index contributed by atoms with van der Waals surface area (Å²) in [5.74, 6) is -1.00. The molecule has 2 aromatic rings. The molecule has 1 aliphatic rings. The first-order chi connectivity index (χ1) is 12.5. The Morgan fingerprint density at radius 2 is 1.85 bits per heavy atom. The lowest BCUT2D eigenvalue weighted by atomic mass is 10.2. The van der Waals surface area contributed by atoms with E-state index >= 15 is 0 Å². The second-order valence-electron chi connectivity index (χ2n) is 5.80. The number of hydrogen-bond acceptors (Lipinski definition) is 4. The number of carbonyl (C=O) groups excluding carboxylic acids is 3. The first kappa shape index (κ1) is 18.1. The summed E-state index contributed by atoms with van der Waals surface area (Å²) in [7, 11) is 0. The summed E-state index contributed by atoms with van der Waals surface area (Å²) < 4.78 is 5.89. The number of benzene rings is 2. The van der Waals surface area contributed by atoms with Gasteiger partial charge in [0.1, 0.15) is 0 Å². The quantitative estimate of drug-likeness (QED) is 0.757. The Kier molecular flexibility index (Phi) is 5.68. The molecule has 0 unspecified atom stereocenters. The molecule has 1 fully saturated rings. The van der Waals surface area contributed by atoms with Crippen molar-refractivity contribution in [2.45, 2.75) is 12.8 Å². The number of ether oxygens (including phenoxy) is 1. The van der Waals surface area contributed by atoms with E-state index in [4.69, 9.17) is 4.74 Å². The van der Waals surface area contributed by atoms with Crippen LogP contribution in [0.5, 0.6) is 0 Å². The SMILES string of the molecule is O=C(COC(=O)c1ccc(Br)cc1)Nc1ccccc1N1CCCC1=O. The van der Waals surface area contributed by atoms with Crippen LogP contribution in [0.3, 0.4) is 0 Å². The number of nitrogens with zero attached hydrogens (tertiary/aromatic N) is 1. The highest BCUT2D eigenvalue weighted by molar-refractivity contribution is 9.10. The third-order valence-electron chi connectivity index (χ3n) is 3.96. The van der Waals surface area contributed by atoms with Gasteiger partial charge in [-0.2, -0.15) is 0 Å². The number of para-hydroxylation sites is 2. The standard InChI is InChI=1S/C19H17BrN2O4/c20-14-9-7-13(8-10-14)19(25)26-12-17(23)21-15-4-1-2-5-16(15)22-11-3-6-18(22)24/h1-2,4-5,7-10H,3,6,11-12H2,(H,21,23). The molecule has 0 radical (unpaired) electrons. The highest BCUT2D eigenvalue weighted by atomic mass is 79.9. The van der Waals surface area contributed by atoms with Gasteiger partial charge in [-0.1, -0.05) is 28.1 Å². The molecule has 1 aliphatic heterocycles. The van der Waals surface area contributed by atoms with Gasteiger partial charge in [-0.25, -0.2) is 4.79 Å². The minimum absolute atomic E-state index is 0.0355. The van der Waals surface area contributed by atoms with Gasteiger partial charge in [0.15, 0.2) is 6.61 Å². The van der Waals surface area contributed by atoms with Gasteiger partial charge in [0.2, 0.25) is 5.91 Å². The smallest absolute Gasteiger partial charge is 0.338 e. The van der Waals surface area contributed by atoms with Crippen LogP contribution in [-0.2, 0) is 14.3 Å². The molecule has 0 spiro atoms. The van der Waals surface area contributed by atoms with E-state index in [0.717, 1.165) is 10.9 Å². The predicted molar refractivity (Wildman–Crippen MR) is 101 cm³/mol. The van der Waals surface area contributed by atoms with E-state index in [1.165, 1.54) is 0 Å². The highest BCUT2D eigenvalue weighted by Crippen LogP contribution is 2.29. The van der Waals surface area contributed by atoms with Gasteiger partial charge < -0.3 is 15.0 Å². The lowest BCUT2D eigenvalue weighted by molar-refractivity contribution is -0.119. The van der Waals surface area contributed by atoms with Crippen molar-refractivity contribution in [2.75, 3.05) is 23.4 Å². The topological polar surface area (TPSA) is 75.7 Å². The summed E-state index contributed by atoms with van der Waals surface area (Å²) in [6, 6.07) is 13.7. The van der Waals surface area contributed by atoms with Crippen LogP contribution in [0.25, 0.3) is 0 Å². The van der Waals surface area contributed by atoms with Crippen LogP contribution in [-0.4, -0.2) is 30.9 Å². The maximum absolute atomic E-state index is 12.2. The van der Waals surface area contributed by atoms with E-state index < -0.39 is 18.5 Å². The summed E-state index contributed by atoms with van der Waals surface area (Å²) in [5, 5.41) is 2.71. The second kappa shape index (κ2) is 8.14. The van der Waals surface area contributed by atoms with Crippen molar-refractivity contribution in [1.82, 2.24) is 0 Å². The molecular formula is C19H17BrN2O4. The van der Waals surface area contributed by atoms with E-state index in [-0.39, 0.29) is 5.91 Å². The average molecular weight is 417 g/mol. The lowest BCUT2D eigenvalue weighted by Gasteiger charge is -2.19. The molecule has 134 valence electrons. The van der Waals surface area contributed by atoms with E-state index in [9.17, 15) is 14.4 Å². The van der Waals surface area contributed by atoms with E-state index in [1.807, 2.05) is 6.07 Å².